The second-order valence-electron chi connectivity index (χ2n) is 4.82. The average molecular weight is 237 g/mol. The van der Waals surface area contributed by atoms with Gasteiger partial charge in [0.25, 0.3) is 0 Å². The van der Waals surface area contributed by atoms with Crippen molar-refractivity contribution in [1.82, 2.24) is 15.1 Å². The molecule has 1 unspecified atom stereocenters. The first-order valence-corrected chi connectivity index (χ1v) is 7.02. The largest absolute Gasteiger partial charge is 0.309 e. The average Bonchev–Trinajstić information content (AvgIpc) is 2.75. The van der Waals surface area contributed by atoms with E-state index in [4.69, 9.17) is 0 Å². The second-order valence-corrected chi connectivity index (χ2v) is 4.82. The van der Waals surface area contributed by atoms with Crippen LogP contribution in [0.2, 0.25) is 0 Å². The molecule has 0 saturated heterocycles. The van der Waals surface area contributed by atoms with E-state index in [0.29, 0.717) is 6.04 Å². The van der Waals surface area contributed by atoms with Gasteiger partial charge >= 0.3 is 0 Å². The zero-order valence-corrected chi connectivity index (χ0v) is 11.6. The van der Waals surface area contributed by atoms with Crippen molar-refractivity contribution in [3.05, 3.63) is 18.0 Å². The lowest BCUT2D eigenvalue weighted by atomic mass is 10.1. The Balaban J connectivity index is 2.26. The Bertz CT molecular complexity index is 293. The number of hydrogen-bond acceptors (Lipinski definition) is 2. The number of aryl methyl sites for hydroxylation is 1. The van der Waals surface area contributed by atoms with Gasteiger partial charge in [0.05, 0.1) is 5.69 Å². The van der Waals surface area contributed by atoms with Crippen LogP contribution < -0.4 is 5.32 Å². The summed E-state index contributed by atoms with van der Waals surface area (Å²) >= 11 is 0. The van der Waals surface area contributed by atoms with E-state index in [1.54, 1.807) is 0 Å². The molecule has 3 heteroatoms. The Morgan fingerprint density at radius 1 is 1.29 bits per heavy atom. The Kier molecular flexibility index (Phi) is 6.94. The van der Waals surface area contributed by atoms with E-state index >= 15 is 0 Å². The lowest BCUT2D eigenvalue weighted by Gasteiger charge is -2.14. The fourth-order valence-electron chi connectivity index (χ4n) is 2.00. The summed E-state index contributed by atoms with van der Waals surface area (Å²) in [5.41, 5.74) is 1.30. The minimum atomic E-state index is 0.603. The van der Waals surface area contributed by atoms with Crippen LogP contribution in [0, 0.1) is 0 Å². The van der Waals surface area contributed by atoms with Crippen LogP contribution >= 0.6 is 0 Å². The molecule has 98 valence electrons. The van der Waals surface area contributed by atoms with Crippen molar-refractivity contribution in [2.45, 2.75) is 72.0 Å². The summed E-state index contributed by atoms with van der Waals surface area (Å²) in [5.74, 6) is 0. The van der Waals surface area contributed by atoms with E-state index in [1.807, 2.05) is 6.20 Å². The topological polar surface area (TPSA) is 29.9 Å². The molecule has 0 bridgehead atoms. The SMILES string of the molecule is CCCCCC(C)NCc1ccnn1CCC. The first kappa shape index (κ1) is 14.2. The molecule has 1 aromatic heterocycles. The third-order valence-corrected chi connectivity index (χ3v) is 3.11. The quantitative estimate of drug-likeness (QED) is 0.667. The summed E-state index contributed by atoms with van der Waals surface area (Å²) < 4.78 is 2.10. The van der Waals surface area contributed by atoms with E-state index in [-0.39, 0.29) is 0 Å². The number of hydrogen-bond donors (Lipinski definition) is 1. The van der Waals surface area contributed by atoms with Crippen LogP contribution in [-0.4, -0.2) is 15.8 Å². The molecule has 0 aliphatic carbocycles. The number of nitrogens with zero attached hydrogens (tertiary/aromatic N) is 2. The molecule has 17 heavy (non-hydrogen) atoms. The van der Waals surface area contributed by atoms with Crippen molar-refractivity contribution in [2.24, 2.45) is 0 Å². The van der Waals surface area contributed by atoms with Gasteiger partial charge < -0.3 is 5.32 Å². The highest BCUT2D eigenvalue weighted by Gasteiger charge is 2.04. The molecular formula is C14H27N3. The van der Waals surface area contributed by atoms with Crippen molar-refractivity contribution in [1.29, 1.82) is 0 Å². The molecule has 3 nitrogen and oxygen atoms in total. The zero-order chi connectivity index (χ0) is 12.5. The van der Waals surface area contributed by atoms with Crippen molar-refractivity contribution in [3.63, 3.8) is 0 Å². The monoisotopic (exact) mass is 237 g/mol. The van der Waals surface area contributed by atoms with Crippen LogP contribution in [-0.2, 0) is 13.1 Å². The maximum absolute atomic E-state index is 4.34. The molecule has 1 rings (SSSR count). The van der Waals surface area contributed by atoms with Gasteiger partial charge in [-0.25, -0.2) is 0 Å². The molecule has 1 atom stereocenters. The molecular weight excluding hydrogens is 210 g/mol. The minimum Gasteiger partial charge on any atom is -0.309 e. The number of nitrogens with one attached hydrogen (secondary N) is 1. The van der Waals surface area contributed by atoms with Gasteiger partial charge in [-0.3, -0.25) is 4.68 Å². The van der Waals surface area contributed by atoms with Crippen LogP contribution in [0.1, 0.15) is 58.6 Å². The summed E-state index contributed by atoms with van der Waals surface area (Å²) in [4.78, 5) is 0. The first-order chi connectivity index (χ1) is 8.27. The molecule has 0 radical (unpaired) electrons. The van der Waals surface area contributed by atoms with E-state index in [0.717, 1.165) is 19.5 Å². The second kappa shape index (κ2) is 8.29. The highest BCUT2D eigenvalue weighted by atomic mass is 15.3. The van der Waals surface area contributed by atoms with Gasteiger partial charge in [-0.2, -0.15) is 5.10 Å². The normalized spacial score (nSPS) is 12.9. The molecule has 1 heterocycles. The third kappa shape index (κ3) is 5.35. The fraction of sp³-hybridized carbons (Fsp3) is 0.786. The summed E-state index contributed by atoms with van der Waals surface area (Å²) in [7, 11) is 0. The van der Waals surface area contributed by atoms with Crippen LogP contribution in [0.25, 0.3) is 0 Å². The summed E-state index contributed by atoms with van der Waals surface area (Å²) in [6, 6.07) is 2.72. The minimum absolute atomic E-state index is 0.603. The van der Waals surface area contributed by atoms with Crippen molar-refractivity contribution in [2.75, 3.05) is 0 Å². The number of unbranched alkanes of at least 4 members (excludes halogenated alkanes) is 2. The number of rotatable bonds is 9. The molecule has 0 aromatic carbocycles. The van der Waals surface area contributed by atoms with Gasteiger partial charge in [0.2, 0.25) is 0 Å². The lowest BCUT2D eigenvalue weighted by Crippen LogP contribution is -2.26. The summed E-state index contributed by atoms with van der Waals surface area (Å²) in [6.45, 7) is 8.67. The van der Waals surface area contributed by atoms with Gasteiger partial charge in [-0.15, -0.1) is 0 Å². The predicted octanol–water partition coefficient (Wildman–Crippen LogP) is 3.35. The Morgan fingerprint density at radius 3 is 2.82 bits per heavy atom. The predicted molar refractivity (Wildman–Crippen MR) is 73.0 cm³/mol. The van der Waals surface area contributed by atoms with Crippen LogP contribution in [0.4, 0.5) is 0 Å². The van der Waals surface area contributed by atoms with Crippen LogP contribution in [0.3, 0.4) is 0 Å². The third-order valence-electron chi connectivity index (χ3n) is 3.11. The van der Waals surface area contributed by atoms with Gasteiger partial charge in [0.15, 0.2) is 0 Å². The highest BCUT2D eigenvalue weighted by Crippen LogP contribution is 2.05. The van der Waals surface area contributed by atoms with Crippen molar-refractivity contribution < 1.29 is 0 Å². The zero-order valence-electron chi connectivity index (χ0n) is 11.6. The highest BCUT2D eigenvalue weighted by molar-refractivity contribution is 5.00. The van der Waals surface area contributed by atoms with E-state index in [2.05, 4.69) is 41.9 Å². The molecule has 1 aromatic rings. The standard InChI is InChI=1S/C14H27N3/c1-4-6-7-8-13(3)15-12-14-9-10-16-17(14)11-5-2/h9-10,13,15H,4-8,11-12H2,1-3H3. The molecule has 0 amide bonds. The summed E-state index contributed by atoms with van der Waals surface area (Å²) in [6.07, 6.45) is 8.29. The molecule has 1 N–H and O–H groups in total. The number of aromatic nitrogens is 2. The van der Waals surface area contributed by atoms with E-state index in [1.165, 1.54) is 31.4 Å². The van der Waals surface area contributed by atoms with Crippen molar-refractivity contribution >= 4 is 0 Å². The Hall–Kier alpha value is -0.830. The molecule has 0 aliphatic rings. The molecule has 0 aliphatic heterocycles. The Morgan fingerprint density at radius 2 is 2.12 bits per heavy atom. The van der Waals surface area contributed by atoms with Crippen LogP contribution in [0.5, 0.6) is 0 Å². The first-order valence-electron chi connectivity index (χ1n) is 7.02. The van der Waals surface area contributed by atoms with E-state index < -0.39 is 0 Å². The van der Waals surface area contributed by atoms with Gasteiger partial charge in [0, 0.05) is 25.3 Å². The van der Waals surface area contributed by atoms with Gasteiger partial charge in [0.1, 0.15) is 0 Å². The smallest absolute Gasteiger partial charge is 0.0522 e. The molecule has 0 saturated carbocycles. The summed E-state index contributed by atoms with van der Waals surface area (Å²) in [5, 5.41) is 7.92. The lowest BCUT2D eigenvalue weighted by molar-refractivity contribution is 0.468. The maximum Gasteiger partial charge on any atom is 0.0522 e. The van der Waals surface area contributed by atoms with Gasteiger partial charge in [-0.05, 0) is 25.8 Å². The van der Waals surface area contributed by atoms with Crippen molar-refractivity contribution in [3.8, 4) is 0 Å². The van der Waals surface area contributed by atoms with E-state index in [9.17, 15) is 0 Å². The molecule has 0 spiro atoms. The maximum atomic E-state index is 4.34. The van der Waals surface area contributed by atoms with Gasteiger partial charge in [-0.1, -0.05) is 33.1 Å². The fourth-order valence-corrected chi connectivity index (χ4v) is 2.00. The molecule has 0 fully saturated rings. The Labute approximate surface area is 106 Å². The van der Waals surface area contributed by atoms with Crippen LogP contribution in [0.15, 0.2) is 12.3 Å².